The highest BCUT2D eigenvalue weighted by Crippen LogP contribution is 2.08. The zero-order chi connectivity index (χ0) is 13.7. The van der Waals surface area contributed by atoms with E-state index in [0.29, 0.717) is 6.07 Å². The predicted molar refractivity (Wildman–Crippen MR) is 60.1 cm³/mol. The lowest BCUT2D eigenvalue weighted by Crippen LogP contribution is -2.40. The molecule has 96 valence electrons. The molecule has 0 aromatic heterocycles. The second kappa shape index (κ2) is 5.90. The van der Waals surface area contributed by atoms with E-state index in [0.717, 1.165) is 12.1 Å². The largest absolute Gasteiger partial charge is 0.480 e. The Labute approximate surface area is 102 Å². The summed E-state index contributed by atoms with van der Waals surface area (Å²) in [5, 5.41) is 10.9. The molecule has 0 saturated carbocycles. The molecule has 0 spiro atoms. The third-order valence-electron chi connectivity index (χ3n) is 2.13. The minimum Gasteiger partial charge on any atom is -0.480 e. The maximum absolute atomic E-state index is 12.9. The van der Waals surface area contributed by atoms with Gasteiger partial charge in [0.15, 0.2) is 0 Å². The van der Waals surface area contributed by atoms with Crippen LogP contribution in [0.1, 0.15) is 16.8 Å². The van der Waals surface area contributed by atoms with Crippen LogP contribution in [0.4, 0.5) is 8.78 Å². The molecule has 0 unspecified atom stereocenters. The Morgan fingerprint density at radius 2 is 1.89 bits per heavy atom. The molecule has 6 heteroatoms. The molecule has 1 amide bonds. The number of benzene rings is 1. The second-order valence-electron chi connectivity index (χ2n) is 3.55. The maximum Gasteiger partial charge on any atom is 0.326 e. The van der Waals surface area contributed by atoms with Gasteiger partial charge in [-0.1, -0.05) is 6.08 Å². The predicted octanol–water partition coefficient (Wildman–Crippen LogP) is 1.72. The number of carboxylic acid groups (broad SMARTS) is 1. The molecule has 1 aromatic rings. The highest BCUT2D eigenvalue weighted by molar-refractivity contribution is 5.96. The first-order valence-electron chi connectivity index (χ1n) is 5.04. The van der Waals surface area contributed by atoms with E-state index in [2.05, 4.69) is 11.9 Å². The maximum atomic E-state index is 12.9. The summed E-state index contributed by atoms with van der Waals surface area (Å²) in [4.78, 5) is 22.4. The van der Waals surface area contributed by atoms with Crippen molar-refractivity contribution in [1.82, 2.24) is 5.32 Å². The van der Waals surface area contributed by atoms with Crippen LogP contribution in [-0.4, -0.2) is 23.0 Å². The van der Waals surface area contributed by atoms with Crippen LogP contribution in [0.2, 0.25) is 0 Å². The van der Waals surface area contributed by atoms with Crippen molar-refractivity contribution in [2.75, 3.05) is 0 Å². The van der Waals surface area contributed by atoms with Crippen molar-refractivity contribution in [1.29, 1.82) is 0 Å². The normalized spacial score (nSPS) is 11.7. The van der Waals surface area contributed by atoms with Gasteiger partial charge in [-0.15, -0.1) is 6.58 Å². The van der Waals surface area contributed by atoms with Gasteiger partial charge in [-0.05, 0) is 18.6 Å². The average Bonchev–Trinajstić information content (AvgIpc) is 2.26. The van der Waals surface area contributed by atoms with Gasteiger partial charge in [-0.25, -0.2) is 13.6 Å². The monoisotopic (exact) mass is 255 g/mol. The molecule has 1 atom stereocenters. The Morgan fingerprint density at radius 3 is 2.33 bits per heavy atom. The van der Waals surface area contributed by atoms with Gasteiger partial charge in [0.2, 0.25) is 0 Å². The van der Waals surface area contributed by atoms with Crippen LogP contribution in [0.15, 0.2) is 30.9 Å². The Hall–Kier alpha value is -2.24. The first-order valence-corrected chi connectivity index (χ1v) is 5.04. The summed E-state index contributed by atoms with van der Waals surface area (Å²) in [6, 6.07) is 1.09. The lowest BCUT2D eigenvalue weighted by Gasteiger charge is -2.12. The van der Waals surface area contributed by atoms with E-state index in [9.17, 15) is 18.4 Å². The third-order valence-corrected chi connectivity index (χ3v) is 2.13. The van der Waals surface area contributed by atoms with Gasteiger partial charge in [0, 0.05) is 11.6 Å². The zero-order valence-corrected chi connectivity index (χ0v) is 9.32. The van der Waals surface area contributed by atoms with E-state index in [1.807, 2.05) is 0 Å². The van der Waals surface area contributed by atoms with Gasteiger partial charge in [0.25, 0.3) is 5.91 Å². The van der Waals surface area contributed by atoms with Crippen molar-refractivity contribution < 1.29 is 23.5 Å². The van der Waals surface area contributed by atoms with E-state index < -0.39 is 29.6 Å². The van der Waals surface area contributed by atoms with E-state index in [1.54, 1.807) is 0 Å². The molecule has 18 heavy (non-hydrogen) atoms. The van der Waals surface area contributed by atoms with Gasteiger partial charge in [0.1, 0.15) is 17.7 Å². The van der Waals surface area contributed by atoms with Crippen LogP contribution in [0.5, 0.6) is 0 Å². The number of carboxylic acids is 1. The average molecular weight is 255 g/mol. The quantitative estimate of drug-likeness (QED) is 0.787. The molecular formula is C12H11F2NO3. The van der Waals surface area contributed by atoms with Crippen molar-refractivity contribution >= 4 is 11.9 Å². The number of rotatable bonds is 5. The van der Waals surface area contributed by atoms with Crippen molar-refractivity contribution in [2.45, 2.75) is 12.5 Å². The van der Waals surface area contributed by atoms with Crippen LogP contribution in [0, 0.1) is 11.6 Å². The lowest BCUT2D eigenvalue weighted by atomic mass is 10.1. The molecule has 0 aliphatic rings. The molecule has 0 fully saturated rings. The van der Waals surface area contributed by atoms with Crippen LogP contribution in [0.25, 0.3) is 0 Å². The first kappa shape index (κ1) is 13.8. The smallest absolute Gasteiger partial charge is 0.326 e. The number of aliphatic carboxylic acids is 1. The molecule has 0 bridgehead atoms. The summed E-state index contributed by atoms with van der Waals surface area (Å²) in [7, 11) is 0. The van der Waals surface area contributed by atoms with Crippen LogP contribution >= 0.6 is 0 Å². The Morgan fingerprint density at radius 1 is 1.33 bits per heavy atom. The number of halogens is 2. The van der Waals surface area contributed by atoms with Gasteiger partial charge in [0.05, 0.1) is 0 Å². The zero-order valence-electron chi connectivity index (χ0n) is 9.32. The van der Waals surface area contributed by atoms with Crippen molar-refractivity contribution in [2.24, 2.45) is 0 Å². The van der Waals surface area contributed by atoms with Gasteiger partial charge in [-0.2, -0.15) is 0 Å². The number of amides is 1. The molecule has 0 aliphatic carbocycles. The first-order chi connectivity index (χ1) is 8.43. The minimum atomic E-state index is -1.25. The van der Waals surface area contributed by atoms with Gasteiger partial charge in [-0.3, -0.25) is 4.79 Å². The van der Waals surface area contributed by atoms with Crippen LogP contribution < -0.4 is 5.32 Å². The number of hydrogen-bond donors (Lipinski definition) is 2. The summed E-state index contributed by atoms with van der Waals surface area (Å²) in [5.41, 5.74) is -0.275. The van der Waals surface area contributed by atoms with E-state index in [1.165, 1.54) is 6.08 Å². The highest BCUT2D eigenvalue weighted by Gasteiger charge is 2.19. The molecule has 0 aliphatic heterocycles. The van der Waals surface area contributed by atoms with Crippen molar-refractivity contribution in [3.63, 3.8) is 0 Å². The topological polar surface area (TPSA) is 66.4 Å². The summed E-state index contributed by atoms with van der Waals surface area (Å²) in [6.45, 7) is 3.36. The molecule has 0 saturated heterocycles. The lowest BCUT2D eigenvalue weighted by molar-refractivity contribution is -0.139. The van der Waals surface area contributed by atoms with E-state index >= 15 is 0 Å². The second-order valence-corrected chi connectivity index (χ2v) is 3.55. The summed E-state index contributed by atoms with van der Waals surface area (Å²) < 4.78 is 25.8. The molecule has 2 N–H and O–H groups in total. The van der Waals surface area contributed by atoms with Crippen LogP contribution in [-0.2, 0) is 4.79 Å². The van der Waals surface area contributed by atoms with Crippen molar-refractivity contribution in [3.8, 4) is 0 Å². The molecule has 4 nitrogen and oxygen atoms in total. The Kier molecular flexibility index (Phi) is 4.53. The summed E-state index contributed by atoms with van der Waals surface area (Å²) in [5.74, 6) is -3.92. The molecule has 1 rings (SSSR count). The van der Waals surface area contributed by atoms with Gasteiger partial charge >= 0.3 is 5.97 Å². The number of carbonyl (C=O) groups is 2. The fourth-order valence-electron chi connectivity index (χ4n) is 1.31. The molecule has 0 heterocycles. The van der Waals surface area contributed by atoms with E-state index in [-0.39, 0.29) is 12.0 Å². The summed E-state index contributed by atoms with van der Waals surface area (Å²) in [6.07, 6.45) is 1.34. The SMILES string of the molecule is C=CC[C@@H](NC(=O)c1cc(F)cc(F)c1)C(=O)O. The highest BCUT2D eigenvalue weighted by atomic mass is 19.1. The fourth-order valence-corrected chi connectivity index (χ4v) is 1.31. The summed E-state index contributed by atoms with van der Waals surface area (Å²) >= 11 is 0. The Bertz CT molecular complexity index is 468. The standard InChI is InChI=1S/C12H11F2NO3/c1-2-3-10(12(17)18)15-11(16)7-4-8(13)6-9(14)5-7/h2,4-6,10H,1,3H2,(H,15,16)(H,17,18)/t10-/m1/s1. The number of carbonyl (C=O) groups excluding carboxylic acids is 1. The molecule has 0 radical (unpaired) electrons. The van der Waals surface area contributed by atoms with Crippen LogP contribution in [0.3, 0.4) is 0 Å². The van der Waals surface area contributed by atoms with Gasteiger partial charge < -0.3 is 10.4 Å². The van der Waals surface area contributed by atoms with Crippen molar-refractivity contribution in [3.05, 3.63) is 48.1 Å². The molecule has 1 aromatic carbocycles. The Balaban J connectivity index is 2.86. The molecular weight excluding hydrogens is 244 g/mol. The minimum absolute atomic E-state index is 0.0128. The fraction of sp³-hybridized carbons (Fsp3) is 0.167. The third kappa shape index (κ3) is 3.65. The number of hydrogen-bond acceptors (Lipinski definition) is 2. The number of nitrogens with one attached hydrogen (secondary N) is 1. The van der Waals surface area contributed by atoms with E-state index in [4.69, 9.17) is 5.11 Å².